The van der Waals surface area contributed by atoms with Crippen molar-refractivity contribution in [3.05, 3.63) is 35.1 Å². The molecule has 0 heterocycles. The summed E-state index contributed by atoms with van der Waals surface area (Å²) in [5, 5.41) is 2.94. The Bertz CT molecular complexity index is 544. The van der Waals surface area contributed by atoms with E-state index in [4.69, 9.17) is 5.73 Å². The fraction of sp³-hybridized carbons (Fsp3) is 0.632. The van der Waals surface area contributed by atoms with Crippen molar-refractivity contribution in [1.82, 2.24) is 5.32 Å². The highest BCUT2D eigenvalue weighted by Crippen LogP contribution is 2.38. The average molecular weight is 320 g/mol. The van der Waals surface area contributed by atoms with Gasteiger partial charge >= 0.3 is 0 Å². The van der Waals surface area contributed by atoms with Crippen molar-refractivity contribution in [2.24, 2.45) is 29.4 Å². The Morgan fingerprint density at radius 2 is 2.13 bits per heavy atom. The summed E-state index contributed by atoms with van der Waals surface area (Å²) in [6.07, 6.45) is 3.24. The van der Waals surface area contributed by atoms with Crippen LogP contribution in [0, 0.1) is 29.5 Å². The zero-order valence-corrected chi connectivity index (χ0v) is 14.4. The lowest BCUT2D eigenvalue weighted by Gasteiger charge is -2.36. The topological polar surface area (TPSA) is 55.1 Å². The summed E-state index contributed by atoms with van der Waals surface area (Å²) in [5.74, 6) is 1.32. The van der Waals surface area contributed by atoms with Crippen LogP contribution in [-0.4, -0.2) is 5.91 Å². The lowest BCUT2D eigenvalue weighted by Crippen LogP contribution is -2.40. The van der Waals surface area contributed by atoms with Crippen molar-refractivity contribution in [2.45, 2.75) is 53.1 Å². The molecular weight excluding hydrogens is 291 g/mol. The van der Waals surface area contributed by atoms with Gasteiger partial charge in [0.05, 0.1) is 0 Å². The fourth-order valence-electron chi connectivity index (χ4n) is 3.68. The molecule has 1 aliphatic carbocycles. The average Bonchev–Trinajstić information content (AvgIpc) is 2.52. The minimum Gasteiger partial charge on any atom is -0.352 e. The first kappa shape index (κ1) is 17.9. The number of halogens is 1. The molecule has 0 aliphatic heterocycles. The van der Waals surface area contributed by atoms with Gasteiger partial charge in [0.2, 0.25) is 5.91 Å². The Morgan fingerprint density at radius 1 is 1.39 bits per heavy atom. The molecule has 1 aliphatic rings. The summed E-state index contributed by atoms with van der Waals surface area (Å²) in [7, 11) is 0. The van der Waals surface area contributed by atoms with Gasteiger partial charge in [0.1, 0.15) is 5.82 Å². The lowest BCUT2D eigenvalue weighted by molar-refractivity contribution is -0.129. The van der Waals surface area contributed by atoms with Crippen LogP contribution in [-0.2, 0) is 17.9 Å². The Balaban J connectivity index is 2.00. The molecule has 1 aromatic rings. The van der Waals surface area contributed by atoms with E-state index < -0.39 is 0 Å². The minimum absolute atomic E-state index is 0.0464. The van der Waals surface area contributed by atoms with E-state index in [9.17, 15) is 9.18 Å². The van der Waals surface area contributed by atoms with Crippen LogP contribution in [0.5, 0.6) is 0 Å². The van der Waals surface area contributed by atoms with E-state index in [1.807, 2.05) is 6.07 Å². The third-order valence-electron chi connectivity index (χ3n) is 5.17. The zero-order chi connectivity index (χ0) is 17.0. The molecule has 3 nitrogen and oxygen atoms in total. The van der Waals surface area contributed by atoms with E-state index in [-0.39, 0.29) is 24.2 Å². The van der Waals surface area contributed by atoms with E-state index in [1.54, 1.807) is 6.07 Å². The number of hydrogen-bond acceptors (Lipinski definition) is 2. The molecule has 1 fully saturated rings. The van der Waals surface area contributed by atoms with Gasteiger partial charge < -0.3 is 11.1 Å². The Morgan fingerprint density at radius 3 is 2.74 bits per heavy atom. The number of benzene rings is 1. The second-order valence-electron chi connectivity index (χ2n) is 7.28. The molecule has 4 heteroatoms. The van der Waals surface area contributed by atoms with E-state index in [1.165, 1.54) is 12.5 Å². The second kappa shape index (κ2) is 7.91. The molecule has 3 atom stereocenters. The molecule has 1 amide bonds. The first-order chi connectivity index (χ1) is 10.9. The van der Waals surface area contributed by atoms with Gasteiger partial charge in [-0.1, -0.05) is 39.3 Å². The second-order valence-corrected chi connectivity index (χ2v) is 7.28. The smallest absolute Gasteiger partial charge is 0.223 e. The third kappa shape index (κ3) is 4.54. The van der Waals surface area contributed by atoms with Crippen LogP contribution in [0.1, 0.15) is 51.2 Å². The first-order valence-corrected chi connectivity index (χ1v) is 8.67. The number of carbonyl (C=O) groups is 1. The number of nitrogens with two attached hydrogens (primary N) is 1. The molecular formula is C19H29FN2O. The predicted molar refractivity (Wildman–Crippen MR) is 91.0 cm³/mol. The zero-order valence-electron chi connectivity index (χ0n) is 14.4. The van der Waals surface area contributed by atoms with Crippen molar-refractivity contribution in [3.8, 4) is 0 Å². The maximum Gasteiger partial charge on any atom is 0.223 e. The molecule has 1 saturated carbocycles. The Labute approximate surface area is 138 Å². The lowest BCUT2D eigenvalue weighted by atomic mass is 9.70. The minimum atomic E-state index is -0.300. The van der Waals surface area contributed by atoms with Crippen LogP contribution in [0.25, 0.3) is 0 Å². The molecule has 128 valence electrons. The number of rotatable bonds is 5. The fourth-order valence-corrected chi connectivity index (χ4v) is 3.68. The summed E-state index contributed by atoms with van der Waals surface area (Å²) < 4.78 is 14.0. The van der Waals surface area contributed by atoms with Crippen molar-refractivity contribution in [2.75, 3.05) is 0 Å². The van der Waals surface area contributed by atoms with Gasteiger partial charge in [-0.3, -0.25) is 4.79 Å². The highest BCUT2D eigenvalue weighted by molar-refractivity contribution is 5.79. The summed E-state index contributed by atoms with van der Waals surface area (Å²) in [4.78, 5) is 12.6. The number of nitrogens with one attached hydrogen (secondary N) is 1. The molecule has 3 N–H and O–H groups in total. The van der Waals surface area contributed by atoms with Crippen molar-refractivity contribution < 1.29 is 9.18 Å². The largest absolute Gasteiger partial charge is 0.352 e. The van der Waals surface area contributed by atoms with E-state index in [2.05, 4.69) is 26.1 Å². The quantitative estimate of drug-likeness (QED) is 0.871. The molecule has 0 radical (unpaired) electrons. The van der Waals surface area contributed by atoms with Crippen LogP contribution in [0.2, 0.25) is 0 Å². The standard InChI is InChI=1S/C19H29FN2O/c1-12(2)16-7-4-13(3)8-17(16)19(23)22-11-15-6-5-14(10-21)9-18(15)20/h5-6,9,12-13,16-17H,4,7-8,10-11,21H2,1-3H3,(H,22,23)/t13-,16+,17-/m1/s1. The predicted octanol–water partition coefficient (Wildman–Crippen LogP) is 3.61. The SMILES string of the molecule is CC(C)[C@@H]1CC[C@@H](C)C[C@H]1C(=O)NCc1ccc(CN)cc1F. The van der Waals surface area contributed by atoms with Gasteiger partial charge in [-0.15, -0.1) is 0 Å². The Kier molecular flexibility index (Phi) is 6.17. The van der Waals surface area contributed by atoms with Gasteiger partial charge in [0.25, 0.3) is 0 Å². The van der Waals surface area contributed by atoms with Crippen molar-refractivity contribution >= 4 is 5.91 Å². The highest BCUT2D eigenvalue weighted by Gasteiger charge is 2.35. The number of hydrogen-bond donors (Lipinski definition) is 2. The van der Waals surface area contributed by atoms with Crippen LogP contribution in [0.4, 0.5) is 4.39 Å². The van der Waals surface area contributed by atoms with Crippen LogP contribution >= 0.6 is 0 Å². The maximum absolute atomic E-state index is 14.0. The summed E-state index contributed by atoms with van der Waals surface area (Å²) >= 11 is 0. The Hall–Kier alpha value is -1.42. The van der Waals surface area contributed by atoms with Crippen LogP contribution in [0.3, 0.4) is 0 Å². The monoisotopic (exact) mass is 320 g/mol. The number of carbonyl (C=O) groups excluding carboxylic acids is 1. The summed E-state index contributed by atoms with van der Waals surface area (Å²) in [6.45, 7) is 7.14. The molecule has 0 bridgehead atoms. The molecule has 1 aromatic carbocycles. The van der Waals surface area contributed by atoms with Crippen molar-refractivity contribution in [3.63, 3.8) is 0 Å². The third-order valence-corrected chi connectivity index (χ3v) is 5.17. The van der Waals surface area contributed by atoms with Gasteiger partial charge in [-0.2, -0.15) is 0 Å². The molecule has 0 saturated heterocycles. The highest BCUT2D eigenvalue weighted by atomic mass is 19.1. The van der Waals surface area contributed by atoms with Crippen molar-refractivity contribution in [1.29, 1.82) is 0 Å². The van der Waals surface area contributed by atoms with Gasteiger partial charge in [0, 0.05) is 24.6 Å². The summed E-state index contributed by atoms with van der Waals surface area (Å²) in [6, 6.07) is 4.96. The van der Waals surface area contributed by atoms with Gasteiger partial charge in [-0.05, 0) is 42.2 Å². The van der Waals surface area contributed by atoms with Crippen LogP contribution in [0.15, 0.2) is 18.2 Å². The molecule has 0 unspecified atom stereocenters. The summed E-state index contributed by atoms with van der Waals surface area (Å²) in [5.41, 5.74) is 6.79. The van der Waals surface area contributed by atoms with Gasteiger partial charge in [-0.25, -0.2) is 4.39 Å². The first-order valence-electron chi connectivity index (χ1n) is 8.67. The molecule has 23 heavy (non-hydrogen) atoms. The van der Waals surface area contributed by atoms with Gasteiger partial charge in [0.15, 0.2) is 0 Å². The van der Waals surface area contributed by atoms with Crippen LogP contribution < -0.4 is 11.1 Å². The molecule has 2 rings (SSSR count). The number of amides is 1. The maximum atomic E-state index is 14.0. The van der Waals surface area contributed by atoms with E-state index in [0.717, 1.165) is 18.4 Å². The molecule has 0 aromatic heterocycles. The molecule has 0 spiro atoms. The normalized spacial score (nSPS) is 24.7. The van der Waals surface area contributed by atoms with E-state index >= 15 is 0 Å². The van der Waals surface area contributed by atoms with E-state index in [0.29, 0.717) is 29.9 Å².